The largest absolute Gasteiger partial charge is 0.313 e. The number of benzene rings is 1. The topological polar surface area (TPSA) is 21.5 Å². The number of hydrogen-bond acceptors (Lipinski definition) is 1. The van der Waals surface area contributed by atoms with Crippen molar-refractivity contribution >= 4 is 27.7 Å². The lowest BCUT2D eigenvalue weighted by Gasteiger charge is -2.01. The highest BCUT2D eigenvalue weighted by Crippen LogP contribution is 2.28. The number of carbonyl (C=O) groups is 1. The second kappa shape index (κ2) is 4.67. The highest BCUT2D eigenvalue weighted by Gasteiger charge is 2.11. The van der Waals surface area contributed by atoms with Crippen LogP contribution in [0, 0.1) is 6.92 Å². The molecule has 2 nitrogen and oxygen atoms in total. The van der Waals surface area contributed by atoms with Crippen molar-refractivity contribution in [1.29, 1.82) is 0 Å². The van der Waals surface area contributed by atoms with Crippen LogP contribution in [-0.2, 0) is 0 Å². The third-order valence-corrected chi connectivity index (χ3v) is 3.75. The molecule has 0 fully saturated rings. The lowest BCUT2D eigenvalue weighted by atomic mass is 10.1. The number of nitrogens with zero attached hydrogens (tertiary/aromatic N) is 1. The van der Waals surface area contributed by atoms with Crippen molar-refractivity contribution in [3.05, 3.63) is 64.4 Å². The van der Waals surface area contributed by atoms with Gasteiger partial charge < -0.3 is 4.40 Å². The molecule has 0 atom stereocenters. The molecule has 0 saturated heterocycles. The van der Waals surface area contributed by atoms with Gasteiger partial charge in [0.05, 0.1) is 5.69 Å². The molecule has 0 aliphatic heterocycles. The molecule has 0 N–H and O–H groups in total. The lowest BCUT2D eigenvalue weighted by molar-refractivity contribution is 0.111. The van der Waals surface area contributed by atoms with Crippen molar-refractivity contribution in [3.63, 3.8) is 0 Å². The van der Waals surface area contributed by atoms with Crippen LogP contribution >= 0.6 is 15.9 Å². The maximum absolute atomic E-state index is 11.4. The molecule has 2 aromatic heterocycles. The molecule has 0 spiro atoms. The van der Waals surface area contributed by atoms with E-state index in [1.165, 1.54) is 0 Å². The predicted octanol–water partition coefficient (Wildman–Crippen LogP) is 4.49. The standard InChI is InChI=1S/C16H12BrNO/c1-11-2-7-14-8-15(16(10-19)18(14)9-11)12-3-5-13(17)6-4-12/h2-10H,1H3. The van der Waals surface area contributed by atoms with E-state index in [4.69, 9.17) is 0 Å². The Labute approximate surface area is 119 Å². The second-order valence-electron chi connectivity index (χ2n) is 4.57. The summed E-state index contributed by atoms with van der Waals surface area (Å²) >= 11 is 3.42. The normalized spacial score (nSPS) is 10.8. The average molecular weight is 314 g/mol. The smallest absolute Gasteiger partial charge is 0.167 e. The van der Waals surface area contributed by atoms with Gasteiger partial charge in [0.25, 0.3) is 0 Å². The fourth-order valence-electron chi connectivity index (χ4n) is 2.28. The second-order valence-corrected chi connectivity index (χ2v) is 5.48. The molecule has 1 aromatic carbocycles. The number of aldehydes is 1. The van der Waals surface area contributed by atoms with E-state index in [9.17, 15) is 4.79 Å². The van der Waals surface area contributed by atoms with E-state index < -0.39 is 0 Å². The van der Waals surface area contributed by atoms with E-state index in [2.05, 4.69) is 22.0 Å². The van der Waals surface area contributed by atoms with Crippen molar-refractivity contribution in [2.45, 2.75) is 6.92 Å². The molecule has 0 aliphatic rings. The molecule has 0 aliphatic carbocycles. The Balaban J connectivity index is 2.28. The van der Waals surface area contributed by atoms with Crippen molar-refractivity contribution < 1.29 is 4.79 Å². The maximum Gasteiger partial charge on any atom is 0.167 e. The van der Waals surface area contributed by atoms with Gasteiger partial charge in [-0.05, 0) is 42.3 Å². The minimum absolute atomic E-state index is 0.695. The Bertz CT molecular complexity index is 756. The molecular weight excluding hydrogens is 302 g/mol. The Morgan fingerprint density at radius 2 is 1.84 bits per heavy atom. The molecule has 0 radical (unpaired) electrons. The van der Waals surface area contributed by atoms with E-state index in [0.29, 0.717) is 5.69 Å². The number of pyridine rings is 1. The Kier molecular flexibility index (Phi) is 2.99. The summed E-state index contributed by atoms with van der Waals surface area (Å²) in [5.41, 5.74) is 4.87. The van der Waals surface area contributed by atoms with Gasteiger partial charge >= 0.3 is 0 Å². The van der Waals surface area contributed by atoms with E-state index in [1.54, 1.807) is 0 Å². The third kappa shape index (κ3) is 2.10. The van der Waals surface area contributed by atoms with Gasteiger partial charge in [-0.3, -0.25) is 4.79 Å². The molecule has 3 aromatic rings. The van der Waals surface area contributed by atoms with E-state index in [0.717, 1.165) is 33.0 Å². The van der Waals surface area contributed by atoms with Gasteiger partial charge in [-0.1, -0.05) is 34.1 Å². The maximum atomic E-state index is 11.4. The van der Waals surface area contributed by atoms with Gasteiger partial charge in [0, 0.05) is 21.7 Å². The van der Waals surface area contributed by atoms with Crippen LogP contribution in [0.1, 0.15) is 16.1 Å². The average Bonchev–Trinajstić information content (AvgIpc) is 2.77. The fraction of sp³-hybridized carbons (Fsp3) is 0.0625. The molecule has 3 rings (SSSR count). The molecule has 94 valence electrons. The van der Waals surface area contributed by atoms with Crippen LogP contribution in [0.3, 0.4) is 0 Å². The zero-order chi connectivity index (χ0) is 13.4. The number of rotatable bonds is 2. The summed E-state index contributed by atoms with van der Waals surface area (Å²) in [4.78, 5) is 11.4. The fourth-order valence-corrected chi connectivity index (χ4v) is 2.54. The summed E-state index contributed by atoms with van der Waals surface area (Å²) in [7, 11) is 0. The van der Waals surface area contributed by atoms with Crippen molar-refractivity contribution in [2.24, 2.45) is 0 Å². The molecule has 0 saturated carbocycles. The molecule has 0 unspecified atom stereocenters. The van der Waals surface area contributed by atoms with Crippen molar-refractivity contribution in [3.8, 4) is 11.1 Å². The number of carbonyl (C=O) groups excluding carboxylic acids is 1. The van der Waals surface area contributed by atoms with E-state index in [1.807, 2.05) is 53.9 Å². The molecule has 3 heteroatoms. The van der Waals surface area contributed by atoms with Gasteiger partial charge in [0.15, 0.2) is 6.29 Å². The number of aromatic nitrogens is 1. The van der Waals surface area contributed by atoms with Crippen LogP contribution in [0.2, 0.25) is 0 Å². The van der Waals surface area contributed by atoms with Gasteiger partial charge in [-0.15, -0.1) is 0 Å². The first-order valence-electron chi connectivity index (χ1n) is 6.02. The van der Waals surface area contributed by atoms with E-state index >= 15 is 0 Å². The van der Waals surface area contributed by atoms with E-state index in [-0.39, 0.29) is 0 Å². The van der Waals surface area contributed by atoms with Crippen LogP contribution < -0.4 is 0 Å². The van der Waals surface area contributed by atoms with Gasteiger partial charge in [0.1, 0.15) is 0 Å². The first-order valence-corrected chi connectivity index (χ1v) is 6.81. The highest BCUT2D eigenvalue weighted by molar-refractivity contribution is 9.10. The molecule has 0 bridgehead atoms. The monoisotopic (exact) mass is 313 g/mol. The summed E-state index contributed by atoms with van der Waals surface area (Å²) in [6.07, 6.45) is 2.91. The summed E-state index contributed by atoms with van der Waals surface area (Å²) in [5.74, 6) is 0. The first kappa shape index (κ1) is 12.2. The van der Waals surface area contributed by atoms with Gasteiger partial charge in [-0.2, -0.15) is 0 Å². The minimum atomic E-state index is 0.695. The number of halogens is 1. The van der Waals surface area contributed by atoms with Crippen LogP contribution in [-0.4, -0.2) is 10.7 Å². The number of hydrogen-bond donors (Lipinski definition) is 0. The van der Waals surface area contributed by atoms with Crippen LogP contribution in [0.4, 0.5) is 0 Å². The minimum Gasteiger partial charge on any atom is -0.313 e. The van der Waals surface area contributed by atoms with Crippen LogP contribution in [0.15, 0.2) is 53.1 Å². The Morgan fingerprint density at radius 1 is 1.11 bits per heavy atom. The first-order chi connectivity index (χ1) is 9.19. The zero-order valence-electron chi connectivity index (χ0n) is 10.4. The highest BCUT2D eigenvalue weighted by atomic mass is 79.9. The summed E-state index contributed by atoms with van der Waals surface area (Å²) < 4.78 is 2.98. The third-order valence-electron chi connectivity index (χ3n) is 3.22. The lowest BCUT2D eigenvalue weighted by Crippen LogP contribution is -1.93. The Morgan fingerprint density at radius 3 is 2.53 bits per heavy atom. The van der Waals surface area contributed by atoms with Gasteiger partial charge in [0.2, 0.25) is 0 Å². The Hall–Kier alpha value is -1.87. The van der Waals surface area contributed by atoms with Crippen LogP contribution in [0.5, 0.6) is 0 Å². The van der Waals surface area contributed by atoms with Crippen molar-refractivity contribution in [2.75, 3.05) is 0 Å². The summed E-state index contributed by atoms with van der Waals surface area (Å²) in [6.45, 7) is 2.02. The van der Waals surface area contributed by atoms with Gasteiger partial charge in [-0.25, -0.2) is 0 Å². The molecule has 0 amide bonds. The SMILES string of the molecule is Cc1ccc2cc(-c3ccc(Br)cc3)c(C=O)n2c1. The molecule has 2 heterocycles. The predicted molar refractivity (Wildman–Crippen MR) is 80.7 cm³/mol. The van der Waals surface area contributed by atoms with Crippen molar-refractivity contribution in [1.82, 2.24) is 4.40 Å². The molecule has 19 heavy (non-hydrogen) atoms. The number of fused-ring (bicyclic) bond motifs is 1. The summed E-state index contributed by atoms with van der Waals surface area (Å²) in [5, 5.41) is 0. The molecular formula is C16H12BrNO. The quantitative estimate of drug-likeness (QED) is 0.639. The number of aryl methyl sites for hydroxylation is 1. The summed E-state index contributed by atoms with van der Waals surface area (Å²) in [6, 6.07) is 14.1. The van der Waals surface area contributed by atoms with Crippen LogP contribution in [0.25, 0.3) is 16.6 Å². The zero-order valence-corrected chi connectivity index (χ0v) is 12.0.